The van der Waals surface area contributed by atoms with Crippen molar-refractivity contribution < 1.29 is 46.7 Å². The molecular formula is C112H62N8O10P4. The second kappa shape index (κ2) is 25.0. The van der Waals surface area contributed by atoms with Crippen molar-refractivity contribution >= 4 is 239 Å². The summed E-state index contributed by atoms with van der Waals surface area (Å²) in [6.07, 6.45) is 0. The first kappa shape index (κ1) is 72.4. The summed E-state index contributed by atoms with van der Waals surface area (Å²) in [4.78, 5) is 18.2. The van der Waals surface area contributed by atoms with Crippen molar-refractivity contribution in [3.05, 3.63) is 376 Å². The number of hydrogen-bond donors (Lipinski definition) is 0. The van der Waals surface area contributed by atoms with Gasteiger partial charge in [-0.3, -0.25) is 0 Å². The summed E-state index contributed by atoms with van der Waals surface area (Å²) in [6.45, 7) is 0. The van der Waals surface area contributed by atoms with Crippen molar-refractivity contribution in [2.75, 3.05) is 39.2 Å². The fourth-order valence-electron chi connectivity index (χ4n) is 24.0. The van der Waals surface area contributed by atoms with Crippen LogP contribution in [0.5, 0.6) is 69.0 Å². The Bertz CT molecular complexity index is 8430. The third-order valence-corrected chi connectivity index (χ3v) is 41.7. The van der Waals surface area contributed by atoms with Gasteiger partial charge in [0.1, 0.15) is 45.0 Å². The Labute approximate surface area is 765 Å². The van der Waals surface area contributed by atoms with Crippen molar-refractivity contribution in [3.8, 4) is 69.0 Å². The van der Waals surface area contributed by atoms with Crippen molar-refractivity contribution in [2.24, 2.45) is 0 Å². The molecule has 0 fully saturated rings. The molecule has 18 nitrogen and oxygen atoms in total. The molecule has 0 N–H and O–H groups in total. The van der Waals surface area contributed by atoms with Gasteiger partial charge in [0.05, 0.1) is 144 Å². The van der Waals surface area contributed by atoms with E-state index in [1.807, 2.05) is 109 Å². The highest BCUT2D eigenvalue weighted by Crippen LogP contribution is 2.78. The van der Waals surface area contributed by atoms with Crippen LogP contribution in [0.2, 0.25) is 0 Å². The van der Waals surface area contributed by atoms with E-state index in [0.717, 1.165) is 168 Å². The lowest BCUT2D eigenvalue weighted by Crippen LogP contribution is -2.49. The topological polar surface area (TPSA) is 150 Å². The molecule has 19 aromatic carbocycles. The number of benzene rings is 19. The van der Waals surface area contributed by atoms with Gasteiger partial charge in [-0.1, -0.05) is 170 Å². The van der Waals surface area contributed by atoms with E-state index in [2.05, 4.69) is 294 Å². The van der Waals surface area contributed by atoms with E-state index >= 15 is 18.3 Å². The molecule has 14 heterocycles. The Morgan fingerprint density at radius 1 is 0.149 bits per heavy atom. The highest BCUT2D eigenvalue weighted by Gasteiger charge is 2.65. The summed E-state index contributed by atoms with van der Waals surface area (Å²) in [5.74, 6) is 4.96. The summed E-state index contributed by atoms with van der Waals surface area (Å²) in [5, 5.41) is 9.32. The van der Waals surface area contributed by atoms with Crippen LogP contribution in [-0.4, -0.2) is 0 Å². The van der Waals surface area contributed by atoms with E-state index in [1.165, 1.54) is 0 Å². The largest absolute Gasteiger partial charge is 0.453 e. The average molecular weight is 1800 g/mol. The predicted octanol–water partition coefficient (Wildman–Crippen LogP) is 26.0. The fourth-order valence-corrected chi connectivity index (χ4v) is 38.1. The molecule has 134 heavy (non-hydrogen) atoms. The lowest BCUT2D eigenvalue weighted by atomic mass is 9.97. The summed E-state index contributed by atoms with van der Waals surface area (Å²) in [6, 6.07) is 128. The van der Waals surface area contributed by atoms with E-state index in [1.54, 1.807) is 12.1 Å². The highest BCUT2D eigenvalue weighted by atomic mass is 31.2. The van der Waals surface area contributed by atoms with E-state index in [9.17, 15) is 0 Å². The highest BCUT2D eigenvalue weighted by molar-refractivity contribution is 7.89. The van der Waals surface area contributed by atoms with Crippen molar-refractivity contribution in [1.82, 2.24) is 0 Å². The molecule has 0 amide bonds. The van der Waals surface area contributed by atoms with Gasteiger partial charge in [-0.05, 0) is 206 Å². The van der Waals surface area contributed by atoms with Crippen LogP contribution in [0.15, 0.2) is 376 Å². The van der Waals surface area contributed by atoms with Crippen LogP contribution in [0.3, 0.4) is 0 Å². The van der Waals surface area contributed by atoms with Gasteiger partial charge in [0.15, 0.2) is 74.6 Å². The fraction of sp³-hybridized carbons (Fsp3) is 0. The number of nitrogens with zero attached hydrogens (tertiary/aromatic N) is 8. The Morgan fingerprint density at radius 2 is 0.373 bits per heavy atom. The van der Waals surface area contributed by atoms with E-state index in [-0.39, 0.29) is 23.0 Å². The summed E-state index contributed by atoms with van der Waals surface area (Å²) >= 11 is 0. The first-order chi connectivity index (χ1) is 66.1. The molecule has 630 valence electrons. The average Bonchev–Trinajstić information content (AvgIpc) is 0.588. The minimum absolute atomic E-state index is 0.206. The monoisotopic (exact) mass is 1800 g/mol. The Morgan fingerprint density at radius 3 is 0.687 bits per heavy atom. The van der Waals surface area contributed by atoms with E-state index in [0.29, 0.717) is 89.2 Å². The maximum Gasteiger partial charge on any atom is 0.190 e. The van der Waals surface area contributed by atoms with Crippen LogP contribution in [0.25, 0.3) is 10.8 Å². The zero-order valence-corrected chi connectivity index (χ0v) is 73.8. The van der Waals surface area contributed by atoms with Gasteiger partial charge in [0, 0.05) is 44.9 Å². The Hall–Kier alpha value is -16.4. The van der Waals surface area contributed by atoms with Crippen LogP contribution in [-0.2, 0) is 18.3 Å². The zero-order valence-electron chi connectivity index (χ0n) is 70.2. The normalized spacial score (nSPS) is 19.1. The third-order valence-electron chi connectivity index (χ3n) is 28.8. The van der Waals surface area contributed by atoms with Crippen molar-refractivity contribution in [2.45, 2.75) is 0 Å². The molecule has 0 spiro atoms. The second-order valence-electron chi connectivity index (χ2n) is 35.3. The molecule has 0 saturated heterocycles. The Kier molecular flexibility index (Phi) is 13.5. The van der Waals surface area contributed by atoms with E-state index in [4.69, 9.17) is 28.4 Å². The maximum atomic E-state index is 18.3. The molecule has 33 rings (SSSR count). The minimum Gasteiger partial charge on any atom is -0.453 e. The lowest BCUT2D eigenvalue weighted by molar-refractivity contribution is 0.394. The van der Waals surface area contributed by atoms with Crippen LogP contribution < -0.4 is 131 Å². The molecule has 4 unspecified atom stereocenters. The van der Waals surface area contributed by atoms with Crippen LogP contribution in [0, 0.1) is 0 Å². The molecule has 19 aromatic rings. The summed E-state index contributed by atoms with van der Waals surface area (Å²) in [5.41, 5.74) is 20.4. The van der Waals surface area contributed by atoms with Crippen molar-refractivity contribution in [1.29, 1.82) is 0 Å². The molecule has 14 aliphatic heterocycles. The van der Waals surface area contributed by atoms with Crippen LogP contribution in [0.1, 0.15) is 0 Å². The molecular weight excluding hydrogens is 1740 g/mol. The number of rotatable bonds is 6. The molecule has 4 atom stereocenters. The Balaban J connectivity index is 0.000000132. The maximum absolute atomic E-state index is 18.3. The number of anilines is 24. The second-order valence-corrected chi connectivity index (χ2v) is 45.6. The number of fused-ring (bicyclic) bond motifs is 11. The summed E-state index contributed by atoms with van der Waals surface area (Å²) < 4.78 is 110. The molecule has 0 saturated carbocycles. The molecule has 0 radical (unpaired) electrons. The zero-order chi connectivity index (χ0) is 87.6. The number of ether oxygens (including phenoxy) is 6. The number of hydrogen-bond acceptors (Lipinski definition) is 18. The van der Waals surface area contributed by atoms with Gasteiger partial charge >= 0.3 is 0 Å². The van der Waals surface area contributed by atoms with Gasteiger partial charge in [-0.15, -0.1) is 0 Å². The molecule has 22 heteroatoms. The van der Waals surface area contributed by atoms with Gasteiger partial charge in [-0.25, -0.2) is 0 Å². The van der Waals surface area contributed by atoms with Crippen molar-refractivity contribution in [3.63, 3.8) is 0 Å². The smallest absolute Gasteiger partial charge is 0.190 e. The molecule has 0 bridgehead atoms. The van der Waals surface area contributed by atoms with Gasteiger partial charge < -0.3 is 85.9 Å². The first-order valence-electron chi connectivity index (χ1n) is 44.5. The standard InChI is InChI=1S/C70H44N6O2P2.C42H18N2O8P2/c77-79-65-53-35-19-39-57(65)73(47-27-11-3-12-28-47)61-43-52-51(63(69(61)79)75(49-31-15-5-16-32-49)59-41-21-37-55(67(59)79)71(53)45-23-7-1-8-24-45)44-62-70-64(52)76(50-33-17-6-18-34-50)60-42-22-38-56-68(60)80(70,78)66-54(72(56)46-25-9-2-10-26-46)36-20-40-58(66)74(62)48-29-13-4-14-30-48;45-53-37-21-9-5-13-27(37)49-33-36-42-34(35(41(33)53)51-29-17-15-25-31(39(29)53)43(21)19-7-1-3-11-23(19)47-25)50-28-14-6-10-22-38(28)54(42,46)40-30(52-36)18-16-26-32(40)44(22)20-8-2-4-12-24(20)48-26/h1-44H;1-18H. The first-order valence-corrected chi connectivity index (χ1v) is 51.4. The SMILES string of the molecule is O=P12c3c4cccc3N(c3ccccc3)c3cc5c6c7c(cc5c(c31)N(c1ccccc1)c1cccc(c12)N4c1ccccc1)N(c1ccccc1)c1cccc2c1P7(=O)c1c(cccc1N6c1ccccc1)N2c1ccccc1.O=P12c3c4cccc3N3c5ccccc5Oc5ccc(c1c53)Oc1c3c5c(c(c12)O4)Oc1ccc2c4c1P5(=O)c1c(cccc1N4c1ccccc1O2)O3. The van der Waals surface area contributed by atoms with Crippen LogP contribution >= 0.6 is 28.6 Å². The predicted molar refractivity (Wildman–Crippen MR) is 534 cm³/mol. The van der Waals surface area contributed by atoms with Gasteiger partial charge in [-0.2, -0.15) is 0 Å². The molecule has 0 aliphatic carbocycles. The quantitative estimate of drug-likeness (QED) is 0.145. The lowest BCUT2D eigenvalue weighted by Gasteiger charge is -2.51. The van der Waals surface area contributed by atoms with Gasteiger partial charge in [0.25, 0.3) is 0 Å². The molecule has 0 aromatic heterocycles. The van der Waals surface area contributed by atoms with Crippen LogP contribution in [0.4, 0.5) is 136 Å². The molecule has 14 aliphatic rings. The van der Waals surface area contributed by atoms with Gasteiger partial charge in [0.2, 0.25) is 0 Å². The number of para-hydroxylation sites is 10. The summed E-state index contributed by atoms with van der Waals surface area (Å²) in [7, 11) is -15.3. The minimum atomic E-state index is -3.83. The van der Waals surface area contributed by atoms with E-state index < -0.39 is 28.6 Å². The third kappa shape index (κ3) is 8.45.